The van der Waals surface area contributed by atoms with Crippen LogP contribution in [0.4, 0.5) is 5.82 Å². The van der Waals surface area contributed by atoms with Crippen molar-refractivity contribution in [1.29, 1.82) is 5.26 Å². The minimum atomic E-state index is -0.0213. The van der Waals surface area contributed by atoms with Crippen LogP contribution >= 0.6 is 0 Å². The minimum absolute atomic E-state index is 0.0183. The predicted molar refractivity (Wildman–Crippen MR) is 106 cm³/mol. The summed E-state index contributed by atoms with van der Waals surface area (Å²) in [4.78, 5) is 25.7. The first-order valence-electron chi connectivity index (χ1n) is 9.38. The lowest BCUT2D eigenvalue weighted by Gasteiger charge is -2.40. The molecule has 1 aromatic carbocycles. The van der Waals surface area contributed by atoms with E-state index in [0.29, 0.717) is 42.5 Å². The number of hydrogen-bond donors (Lipinski definition) is 0. The molecule has 8 heteroatoms. The molecular formula is C21H20N6O2. The van der Waals surface area contributed by atoms with Crippen LogP contribution < -0.4 is 4.90 Å². The maximum atomic E-state index is 13.1. The number of aryl methyl sites for hydroxylation is 1. The fourth-order valence-electron chi connectivity index (χ4n) is 3.48. The standard InChI is InChI=1S/C21H20N6O2/c1-14-13-26(19-7-6-16(11-22)12-23-19)8-9-27(14)21(28)18-5-3-4-17(10-18)20-24-15(2)29-25-20/h3-7,10,12,14H,8-9,13H2,1-2H3. The fourth-order valence-corrected chi connectivity index (χ4v) is 3.48. The summed E-state index contributed by atoms with van der Waals surface area (Å²) in [6, 6.07) is 13.0. The maximum absolute atomic E-state index is 13.1. The second-order valence-corrected chi connectivity index (χ2v) is 7.03. The normalized spacial score (nSPS) is 16.5. The smallest absolute Gasteiger partial charge is 0.254 e. The van der Waals surface area contributed by atoms with Gasteiger partial charge < -0.3 is 14.3 Å². The Balaban J connectivity index is 1.48. The van der Waals surface area contributed by atoms with E-state index in [-0.39, 0.29) is 11.9 Å². The van der Waals surface area contributed by atoms with Gasteiger partial charge in [0.1, 0.15) is 11.9 Å². The van der Waals surface area contributed by atoms with Gasteiger partial charge >= 0.3 is 0 Å². The zero-order valence-corrected chi connectivity index (χ0v) is 16.2. The van der Waals surface area contributed by atoms with Gasteiger partial charge in [-0.2, -0.15) is 10.2 Å². The van der Waals surface area contributed by atoms with Crippen LogP contribution in [0.15, 0.2) is 47.1 Å². The molecule has 0 spiro atoms. The largest absolute Gasteiger partial charge is 0.353 e. The van der Waals surface area contributed by atoms with Crippen LogP contribution in [0.3, 0.4) is 0 Å². The molecule has 1 unspecified atom stereocenters. The van der Waals surface area contributed by atoms with Crippen molar-refractivity contribution in [2.75, 3.05) is 24.5 Å². The third kappa shape index (κ3) is 3.80. The van der Waals surface area contributed by atoms with Crippen LogP contribution in [-0.2, 0) is 0 Å². The van der Waals surface area contributed by atoms with E-state index < -0.39 is 0 Å². The van der Waals surface area contributed by atoms with E-state index in [2.05, 4.69) is 26.1 Å². The van der Waals surface area contributed by atoms with Crippen molar-refractivity contribution in [1.82, 2.24) is 20.0 Å². The number of rotatable bonds is 3. The summed E-state index contributed by atoms with van der Waals surface area (Å²) >= 11 is 0. The number of carbonyl (C=O) groups excluding carboxylic acids is 1. The summed E-state index contributed by atoms with van der Waals surface area (Å²) in [5.41, 5.74) is 1.88. The lowest BCUT2D eigenvalue weighted by molar-refractivity contribution is 0.0673. The molecule has 1 amide bonds. The van der Waals surface area contributed by atoms with E-state index in [1.54, 1.807) is 31.3 Å². The molecule has 0 N–H and O–H groups in total. The zero-order chi connectivity index (χ0) is 20.4. The van der Waals surface area contributed by atoms with E-state index in [1.807, 2.05) is 30.0 Å². The van der Waals surface area contributed by atoms with Crippen LogP contribution in [0.2, 0.25) is 0 Å². The average Bonchev–Trinajstić information content (AvgIpc) is 3.20. The summed E-state index contributed by atoms with van der Waals surface area (Å²) in [6.07, 6.45) is 1.57. The van der Waals surface area contributed by atoms with Gasteiger partial charge in [-0.1, -0.05) is 17.3 Å². The first-order valence-corrected chi connectivity index (χ1v) is 9.38. The highest BCUT2D eigenvalue weighted by molar-refractivity contribution is 5.95. The summed E-state index contributed by atoms with van der Waals surface area (Å²) in [5, 5.41) is 12.8. The number of nitrogens with zero attached hydrogens (tertiary/aromatic N) is 6. The molecule has 4 rings (SSSR count). The molecule has 8 nitrogen and oxygen atoms in total. The monoisotopic (exact) mass is 388 g/mol. The molecule has 1 aliphatic heterocycles. The average molecular weight is 388 g/mol. The lowest BCUT2D eigenvalue weighted by Crippen LogP contribution is -2.54. The van der Waals surface area contributed by atoms with Gasteiger partial charge in [0.05, 0.1) is 5.56 Å². The van der Waals surface area contributed by atoms with Gasteiger partial charge in [0.2, 0.25) is 11.7 Å². The molecule has 3 heterocycles. The van der Waals surface area contributed by atoms with Gasteiger partial charge in [-0.15, -0.1) is 0 Å². The van der Waals surface area contributed by atoms with Crippen molar-refractivity contribution >= 4 is 11.7 Å². The number of hydrogen-bond acceptors (Lipinski definition) is 7. The van der Waals surface area contributed by atoms with Gasteiger partial charge in [-0.05, 0) is 31.2 Å². The van der Waals surface area contributed by atoms with Gasteiger partial charge in [-0.3, -0.25) is 4.79 Å². The van der Waals surface area contributed by atoms with Crippen molar-refractivity contribution in [2.24, 2.45) is 0 Å². The molecular weight excluding hydrogens is 368 g/mol. The van der Waals surface area contributed by atoms with E-state index in [9.17, 15) is 4.79 Å². The second kappa shape index (κ2) is 7.72. The highest BCUT2D eigenvalue weighted by Gasteiger charge is 2.29. The van der Waals surface area contributed by atoms with Gasteiger partial charge in [0.25, 0.3) is 5.91 Å². The van der Waals surface area contributed by atoms with Gasteiger partial charge in [-0.25, -0.2) is 4.98 Å². The highest BCUT2D eigenvalue weighted by Crippen LogP contribution is 2.22. The Labute approximate surface area is 168 Å². The first kappa shape index (κ1) is 18.6. The van der Waals surface area contributed by atoms with Crippen molar-refractivity contribution in [2.45, 2.75) is 19.9 Å². The number of nitriles is 1. The Hall–Kier alpha value is -3.73. The fraction of sp³-hybridized carbons (Fsp3) is 0.286. The van der Waals surface area contributed by atoms with Crippen molar-refractivity contribution in [3.05, 3.63) is 59.6 Å². The van der Waals surface area contributed by atoms with Crippen LogP contribution in [0.1, 0.15) is 28.7 Å². The van der Waals surface area contributed by atoms with Crippen LogP contribution in [0.5, 0.6) is 0 Å². The molecule has 1 atom stereocenters. The van der Waals surface area contributed by atoms with Crippen molar-refractivity contribution < 1.29 is 9.32 Å². The van der Waals surface area contributed by atoms with Gasteiger partial charge in [0.15, 0.2) is 0 Å². The molecule has 0 aliphatic carbocycles. The highest BCUT2D eigenvalue weighted by atomic mass is 16.5. The van der Waals surface area contributed by atoms with Crippen molar-refractivity contribution in [3.63, 3.8) is 0 Å². The number of pyridine rings is 1. The third-order valence-electron chi connectivity index (χ3n) is 4.98. The Morgan fingerprint density at radius 1 is 1.28 bits per heavy atom. The van der Waals surface area contributed by atoms with Crippen LogP contribution in [0, 0.1) is 18.3 Å². The molecule has 1 fully saturated rings. The number of aromatic nitrogens is 3. The predicted octanol–water partition coefficient (Wildman–Crippen LogP) is 2.66. The van der Waals surface area contributed by atoms with Gasteiger partial charge in [0, 0.05) is 49.9 Å². The minimum Gasteiger partial charge on any atom is -0.353 e. The molecule has 0 saturated carbocycles. The lowest BCUT2D eigenvalue weighted by atomic mass is 10.1. The van der Waals surface area contributed by atoms with E-state index >= 15 is 0 Å². The molecule has 2 aromatic heterocycles. The molecule has 29 heavy (non-hydrogen) atoms. The summed E-state index contributed by atoms with van der Waals surface area (Å²) in [7, 11) is 0. The van der Waals surface area contributed by atoms with Crippen molar-refractivity contribution in [3.8, 4) is 17.5 Å². The zero-order valence-electron chi connectivity index (χ0n) is 16.2. The number of amides is 1. The maximum Gasteiger partial charge on any atom is 0.254 e. The topological polar surface area (TPSA) is 99.2 Å². The van der Waals surface area contributed by atoms with E-state index in [0.717, 1.165) is 11.4 Å². The Morgan fingerprint density at radius 3 is 2.79 bits per heavy atom. The molecule has 0 bridgehead atoms. The van der Waals surface area contributed by atoms with Crippen LogP contribution in [0.25, 0.3) is 11.4 Å². The SMILES string of the molecule is Cc1nc(-c2cccc(C(=O)N3CCN(c4ccc(C#N)cn4)CC3C)c2)no1. The first-order chi connectivity index (χ1) is 14.0. The Bertz CT molecular complexity index is 1070. The van der Waals surface area contributed by atoms with Crippen LogP contribution in [-0.4, -0.2) is 51.6 Å². The molecule has 1 aliphatic rings. The molecule has 146 valence electrons. The summed E-state index contributed by atoms with van der Waals surface area (Å²) in [6.45, 7) is 5.70. The summed E-state index contributed by atoms with van der Waals surface area (Å²) in [5.74, 6) is 1.75. The Morgan fingerprint density at radius 2 is 2.14 bits per heavy atom. The third-order valence-corrected chi connectivity index (χ3v) is 4.98. The number of anilines is 1. The Kier molecular flexibility index (Phi) is 4.96. The van der Waals surface area contributed by atoms with E-state index in [4.69, 9.17) is 9.78 Å². The second-order valence-electron chi connectivity index (χ2n) is 7.03. The quantitative estimate of drug-likeness (QED) is 0.680. The van der Waals surface area contributed by atoms with E-state index in [1.165, 1.54) is 0 Å². The molecule has 1 saturated heterocycles. The number of piperazine rings is 1. The number of benzene rings is 1. The summed E-state index contributed by atoms with van der Waals surface area (Å²) < 4.78 is 5.04. The molecule has 3 aromatic rings. The molecule has 0 radical (unpaired) electrons. The number of carbonyl (C=O) groups is 1.